The fourth-order valence-corrected chi connectivity index (χ4v) is 7.15. The molecule has 0 atom stereocenters. The molecule has 0 aromatic rings. The second-order valence-corrected chi connectivity index (χ2v) is 17.4. The third-order valence-electron chi connectivity index (χ3n) is 10.7. The van der Waals surface area contributed by atoms with E-state index in [9.17, 15) is 0 Å². The second-order valence-electron chi connectivity index (χ2n) is 16.6. The average molecular weight is 864 g/mol. The van der Waals surface area contributed by atoms with Crippen molar-refractivity contribution in [3.05, 3.63) is 48.6 Å². The third-order valence-corrected chi connectivity index (χ3v) is 11.2. The van der Waals surface area contributed by atoms with Gasteiger partial charge in [0.15, 0.2) is 0 Å². The quantitative estimate of drug-likeness (QED) is 0.0364. The summed E-state index contributed by atoms with van der Waals surface area (Å²) in [6, 6.07) is 0. The lowest BCUT2D eigenvalue weighted by molar-refractivity contribution is 0.538. The molecule has 0 aromatic carbocycles. The minimum Gasteiger partial charge on any atom is -0.330 e. The normalized spacial score (nSPS) is 11.6. The first-order chi connectivity index (χ1) is 28.2. The van der Waals surface area contributed by atoms with Gasteiger partial charge in [-0.25, -0.2) is 0 Å². The predicted octanol–water partition coefficient (Wildman–Crippen LogP) is 19.0. The molecule has 57 heavy (non-hydrogen) atoms. The van der Waals surface area contributed by atoms with Gasteiger partial charge in [-0.05, 0) is 110 Å². The van der Waals surface area contributed by atoms with Crippen LogP contribution in [0.25, 0.3) is 0 Å². The van der Waals surface area contributed by atoms with Crippen molar-refractivity contribution in [3.63, 3.8) is 0 Å². The predicted molar refractivity (Wildman–Crippen MR) is 270 cm³/mol. The standard InChI is InChI=1S/C27H53N.C18H33Br.C9H21N/c1-3-5-7-9-11-12-13-14-15-16-17-18-19-21-23-25-27-28-26-24-22-20-10-8-6-4-2;1-2-3-4-5-6-7-8-9-10-11-12-13-14-15-16-17-18-19;1-2-3-4-5-6-7-8-9-10/h11-12,14-15,28H,3-10,13,16-27H2,1-2H3;6-7,9-10H,2-5,8,11-18H2,1H3;2-10H2,1H3/b12-11-,15-14-;7-6-,10-9-;. The molecule has 0 aliphatic heterocycles. The number of unbranched alkanes of at least 4 members (excludes halogenated alkanes) is 30. The van der Waals surface area contributed by atoms with Gasteiger partial charge in [0.25, 0.3) is 0 Å². The van der Waals surface area contributed by atoms with Gasteiger partial charge < -0.3 is 11.1 Å². The number of halogens is 1. The van der Waals surface area contributed by atoms with Gasteiger partial charge in [-0.1, -0.05) is 246 Å². The number of allylic oxidation sites excluding steroid dienone is 8. The van der Waals surface area contributed by atoms with Gasteiger partial charge in [-0.3, -0.25) is 0 Å². The molecule has 0 fully saturated rings. The van der Waals surface area contributed by atoms with Crippen LogP contribution in [0.1, 0.15) is 272 Å². The van der Waals surface area contributed by atoms with E-state index >= 15 is 0 Å². The molecule has 340 valence electrons. The summed E-state index contributed by atoms with van der Waals surface area (Å²) in [7, 11) is 0. The van der Waals surface area contributed by atoms with Crippen LogP contribution in [0.5, 0.6) is 0 Å². The van der Waals surface area contributed by atoms with Crippen molar-refractivity contribution in [3.8, 4) is 0 Å². The molecule has 0 spiro atoms. The maximum atomic E-state index is 5.37. The van der Waals surface area contributed by atoms with Crippen LogP contribution in [0.3, 0.4) is 0 Å². The Morgan fingerprint density at radius 1 is 0.316 bits per heavy atom. The third kappa shape index (κ3) is 70.3. The Kier molecular flexibility index (Phi) is 68.6. The lowest BCUT2D eigenvalue weighted by Gasteiger charge is -2.05. The second kappa shape index (κ2) is 64.5. The highest BCUT2D eigenvalue weighted by Crippen LogP contribution is 2.11. The Bertz CT molecular complexity index is 749. The van der Waals surface area contributed by atoms with Crippen LogP contribution in [0.2, 0.25) is 0 Å². The van der Waals surface area contributed by atoms with E-state index in [1.165, 1.54) is 250 Å². The first-order valence-corrected chi connectivity index (χ1v) is 26.9. The molecule has 0 saturated heterocycles. The van der Waals surface area contributed by atoms with Crippen molar-refractivity contribution in [1.29, 1.82) is 0 Å². The van der Waals surface area contributed by atoms with Gasteiger partial charge in [0.1, 0.15) is 0 Å². The van der Waals surface area contributed by atoms with E-state index in [0.717, 1.165) is 19.4 Å². The summed E-state index contributed by atoms with van der Waals surface area (Å²) >= 11 is 3.48. The van der Waals surface area contributed by atoms with Gasteiger partial charge in [-0.15, -0.1) is 0 Å². The summed E-state index contributed by atoms with van der Waals surface area (Å²) in [4.78, 5) is 0. The van der Waals surface area contributed by atoms with E-state index in [1.807, 2.05) is 0 Å². The molecular formula is C54H107BrN2. The first-order valence-electron chi connectivity index (χ1n) is 25.8. The van der Waals surface area contributed by atoms with Crippen LogP contribution < -0.4 is 11.1 Å². The van der Waals surface area contributed by atoms with Gasteiger partial charge in [0, 0.05) is 5.33 Å². The average Bonchev–Trinajstić information content (AvgIpc) is 3.23. The highest BCUT2D eigenvalue weighted by atomic mass is 79.9. The van der Waals surface area contributed by atoms with Crippen LogP contribution >= 0.6 is 15.9 Å². The van der Waals surface area contributed by atoms with Crippen LogP contribution in [0, 0.1) is 0 Å². The number of rotatable bonds is 44. The van der Waals surface area contributed by atoms with Gasteiger partial charge in [0.2, 0.25) is 0 Å². The molecule has 0 amide bonds. The van der Waals surface area contributed by atoms with E-state index < -0.39 is 0 Å². The van der Waals surface area contributed by atoms with Crippen LogP contribution in [0.15, 0.2) is 48.6 Å². The summed E-state index contributed by atoms with van der Waals surface area (Å²) in [6.07, 6.45) is 70.2. The van der Waals surface area contributed by atoms with Crippen molar-refractivity contribution < 1.29 is 0 Å². The molecule has 0 saturated carbocycles. The van der Waals surface area contributed by atoms with Gasteiger partial charge >= 0.3 is 0 Å². The molecule has 0 heterocycles. The van der Waals surface area contributed by atoms with Crippen molar-refractivity contribution in [2.45, 2.75) is 272 Å². The first kappa shape index (κ1) is 60.7. The molecule has 0 aromatic heterocycles. The summed E-state index contributed by atoms with van der Waals surface area (Å²) in [6.45, 7) is 12.4. The highest BCUT2D eigenvalue weighted by Gasteiger charge is 1.94. The summed E-state index contributed by atoms with van der Waals surface area (Å²) in [5.74, 6) is 0. The molecule has 3 N–H and O–H groups in total. The number of nitrogens with two attached hydrogens (primary N) is 1. The summed E-state index contributed by atoms with van der Waals surface area (Å²) in [5.41, 5.74) is 5.37. The SMILES string of the molecule is CCCCC/C=C\C/C=C\CCCCCCCCBr.CCCCC/C=C\C/C=C\CCCCCCCCNCCCCCCCCC.CCCCCCCCCN. The van der Waals surface area contributed by atoms with Gasteiger partial charge in [-0.2, -0.15) is 0 Å². The van der Waals surface area contributed by atoms with E-state index in [2.05, 4.69) is 97.5 Å². The smallest absolute Gasteiger partial charge is 0.00313 e. The Morgan fingerprint density at radius 2 is 0.579 bits per heavy atom. The van der Waals surface area contributed by atoms with Crippen LogP contribution in [-0.4, -0.2) is 25.0 Å². The zero-order chi connectivity index (χ0) is 42.1. The maximum absolute atomic E-state index is 5.37. The van der Waals surface area contributed by atoms with E-state index in [4.69, 9.17) is 5.73 Å². The lowest BCUT2D eigenvalue weighted by Crippen LogP contribution is -2.16. The zero-order valence-corrected chi connectivity index (χ0v) is 41.4. The topological polar surface area (TPSA) is 38.0 Å². The number of nitrogens with one attached hydrogen (secondary N) is 1. The molecule has 0 rings (SSSR count). The maximum Gasteiger partial charge on any atom is 0.00313 e. The van der Waals surface area contributed by atoms with Crippen molar-refractivity contribution in [2.75, 3.05) is 25.0 Å². The minimum absolute atomic E-state index is 0.869. The van der Waals surface area contributed by atoms with Gasteiger partial charge in [0.05, 0.1) is 0 Å². The van der Waals surface area contributed by atoms with Crippen LogP contribution in [-0.2, 0) is 0 Å². The Hall–Kier alpha value is -0.640. The molecule has 3 heteroatoms. The Morgan fingerprint density at radius 3 is 0.912 bits per heavy atom. The number of hydrogen-bond donors (Lipinski definition) is 2. The molecule has 0 radical (unpaired) electrons. The Balaban J connectivity index is -0.000000862. The highest BCUT2D eigenvalue weighted by molar-refractivity contribution is 9.09. The number of hydrogen-bond acceptors (Lipinski definition) is 2. The molecule has 0 aliphatic carbocycles. The lowest BCUT2D eigenvalue weighted by atomic mass is 10.1. The Labute approximate surface area is 370 Å². The summed E-state index contributed by atoms with van der Waals surface area (Å²) < 4.78 is 0. The molecular weight excluding hydrogens is 757 g/mol. The monoisotopic (exact) mass is 863 g/mol. The van der Waals surface area contributed by atoms with E-state index in [1.54, 1.807) is 0 Å². The van der Waals surface area contributed by atoms with E-state index in [-0.39, 0.29) is 0 Å². The van der Waals surface area contributed by atoms with E-state index in [0.29, 0.717) is 0 Å². The fourth-order valence-electron chi connectivity index (χ4n) is 6.75. The van der Waals surface area contributed by atoms with Crippen LogP contribution in [0.4, 0.5) is 0 Å². The molecule has 0 bridgehead atoms. The summed E-state index contributed by atoms with van der Waals surface area (Å²) in [5, 5.41) is 4.79. The molecule has 0 aliphatic rings. The minimum atomic E-state index is 0.869. The van der Waals surface area contributed by atoms with Crippen molar-refractivity contribution in [2.24, 2.45) is 5.73 Å². The fraction of sp³-hybridized carbons (Fsp3) is 0.852. The largest absolute Gasteiger partial charge is 0.330 e. The zero-order valence-electron chi connectivity index (χ0n) is 39.8. The van der Waals surface area contributed by atoms with Crippen molar-refractivity contribution in [1.82, 2.24) is 5.32 Å². The molecule has 0 unspecified atom stereocenters. The number of alkyl halides is 1. The van der Waals surface area contributed by atoms with Crippen molar-refractivity contribution >= 4 is 15.9 Å². The molecule has 2 nitrogen and oxygen atoms in total.